The Hall–Kier alpha value is -1.59. The molecule has 1 unspecified atom stereocenters. The normalized spacial score (nSPS) is 24.2. The Morgan fingerprint density at radius 3 is 2.83 bits per heavy atom. The predicted octanol–water partition coefficient (Wildman–Crippen LogP) is 1.98. The van der Waals surface area contributed by atoms with Crippen molar-refractivity contribution in [3.05, 3.63) is 35.4 Å². The van der Waals surface area contributed by atoms with Gasteiger partial charge in [-0.25, -0.2) is 0 Å². The molecule has 2 heterocycles. The molecule has 5 heteroatoms. The van der Waals surface area contributed by atoms with E-state index in [0.717, 1.165) is 45.4 Å². The summed E-state index contributed by atoms with van der Waals surface area (Å²) in [5.41, 5.74) is 2.78. The number of hydrogen-bond acceptors (Lipinski definition) is 3. The second-order valence-electron chi connectivity index (χ2n) is 6.87. The smallest absolute Gasteiger partial charge is 0.193 e. The monoisotopic (exact) mass is 317 g/mol. The SMILES string of the molecule is CN=C(NCC1(C)COC1)N1CCOC(c2ccccc2C)C1. The van der Waals surface area contributed by atoms with Crippen LogP contribution in [0.15, 0.2) is 29.3 Å². The second-order valence-corrected chi connectivity index (χ2v) is 6.87. The summed E-state index contributed by atoms with van der Waals surface area (Å²) in [4.78, 5) is 6.75. The molecule has 1 atom stereocenters. The maximum atomic E-state index is 6.00. The van der Waals surface area contributed by atoms with Crippen molar-refractivity contribution in [3.8, 4) is 0 Å². The van der Waals surface area contributed by atoms with Crippen LogP contribution in [0.2, 0.25) is 0 Å². The first-order valence-corrected chi connectivity index (χ1v) is 8.32. The Labute approximate surface area is 138 Å². The number of nitrogens with one attached hydrogen (secondary N) is 1. The van der Waals surface area contributed by atoms with Crippen LogP contribution < -0.4 is 5.32 Å². The fraction of sp³-hybridized carbons (Fsp3) is 0.611. The van der Waals surface area contributed by atoms with Gasteiger partial charge in [-0.1, -0.05) is 31.2 Å². The van der Waals surface area contributed by atoms with E-state index in [-0.39, 0.29) is 11.5 Å². The third-order valence-electron chi connectivity index (χ3n) is 4.69. The zero-order valence-corrected chi connectivity index (χ0v) is 14.3. The highest BCUT2D eigenvalue weighted by molar-refractivity contribution is 5.80. The van der Waals surface area contributed by atoms with E-state index < -0.39 is 0 Å². The molecule has 0 bridgehead atoms. The van der Waals surface area contributed by atoms with Gasteiger partial charge in [0.1, 0.15) is 6.10 Å². The molecule has 126 valence electrons. The van der Waals surface area contributed by atoms with Crippen LogP contribution in [0.4, 0.5) is 0 Å². The summed E-state index contributed by atoms with van der Waals surface area (Å²) in [5, 5.41) is 3.51. The van der Waals surface area contributed by atoms with Crippen LogP contribution in [0.5, 0.6) is 0 Å². The highest BCUT2D eigenvalue weighted by Crippen LogP contribution is 2.26. The summed E-state index contributed by atoms with van der Waals surface area (Å²) >= 11 is 0. The number of nitrogens with zero attached hydrogens (tertiary/aromatic N) is 2. The van der Waals surface area contributed by atoms with Crippen molar-refractivity contribution in [3.63, 3.8) is 0 Å². The van der Waals surface area contributed by atoms with Crippen LogP contribution >= 0.6 is 0 Å². The maximum absolute atomic E-state index is 6.00. The predicted molar refractivity (Wildman–Crippen MR) is 91.7 cm³/mol. The van der Waals surface area contributed by atoms with Crippen LogP contribution in [-0.4, -0.2) is 57.4 Å². The Balaban J connectivity index is 1.63. The van der Waals surface area contributed by atoms with Crippen molar-refractivity contribution in [2.75, 3.05) is 46.5 Å². The first kappa shape index (κ1) is 16.3. The molecule has 1 N–H and O–H groups in total. The molecule has 0 spiro atoms. The number of benzene rings is 1. The van der Waals surface area contributed by atoms with E-state index in [2.05, 4.69) is 53.3 Å². The molecule has 3 rings (SSSR count). The third kappa shape index (κ3) is 3.67. The van der Waals surface area contributed by atoms with E-state index in [1.807, 2.05) is 7.05 Å². The molecular weight excluding hydrogens is 290 g/mol. The minimum absolute atomic E-state index is 0.103. The average Bonchev–Trinajstić information content (AvgIpc) is 2.54. The molecule has 0 saturated carbocycles. The number of morpholine rings is 1. The fourth-order valence-corrected chi connectivity index (χ4v) is 3.16. The van der Waals surface area contributed by atoms with E-state index in [4.69, 9.17) is 9.47 Å². The highest BCUT2D eigenvalue weighted by atomic mass is 16.5. The van der Waals surface area contributed by atoms with Crippen LogP contribution in [-0.2, 0) is 9.47 Å². The van der Waals surface area contributed by atoms with Crippen LogP contribution in [0.3, 0.4) is 0 Å². The number of hydrogen-bond donors (Lipinski definition) is 1. The molecule has 0 amide bonds. The quantitative estimate of drug-likeness (QED) is 0.684. The van der Waals surface area contributed by atoms with Gasteiger partial charge in [0.05, 0.1) is 26.4 Å². The average molecular weight is 317 g/mol. The first-order valence-electron chi connectivity index (χ1n) is 8.32. The zero-order valence-electron chi connectivity index (χ0n) is 14.3. The fourth-order valence-electron chi connectivity index (χ4n) is 3.16. The molecule has 2 aliphatic heterocycles. The lowest BCUT2D eigenvalue weighted by Gasteiger charge is -2.40. The number of aliphatic imine (C=N–C) groups is 1. The van der Waals surface area contributed by atoms with Gasteiger partial charge < -0.3 is 19.7 Å². The molecule has 23 heavy (non-hydrogen) atoms. The molecule has 0 aromatic heterocycles. The van der Waals surface area contributed by atoms with E-state index in [1.54, 1.807) is 0 Å². The molecule has 2 saturated heterocycles. The Bertz CT molecular complexity index is 569. The Morgan fingerprint density at radius 1 is 1.39 bits per heavy atom. The van der Waals surface area contributed by atoms with Gasteiger partial charge >= 0.3 is 0 Å². The highest BCUT2D eigenvalue weighted by Gasteiger charge is 2.34. The van der Waals surface area contributed by atoms with Crippen molar-refractivity contribution in [1.82, 2.24) is 10.2 Å². The van der Waals surface area contributed by atoms with Crippen molar-refractivity contribution in [2.45, 2.75) is 20.0 Å². The van der Waals surface area contributed by atoms with Gasteiger partial charge in [-0.15, -0.1) is 0 Å². The van der Waals surface area contributed by atoms with Gasteiger partial charge in [0.2, 0.25) is 0 Å². The van der Waals surface area contributed by atoms with Crippen molar-refractivity contribution in [1.29, 1.82) is 0 Å². The van der Waals surface area contributed by atoms with E-state index in [9.17, 15) is 0 Å². The maximum Gasteiger partial charge on any atom is 0.193 e. The minimum atomic E-state index is 0.103. The molecule has 0 aliphatic carbocycles. The molecule has 2 aliphatic rings. The molecule has 5 nitrogen and oxygen atoms in total. The second kappa shape index (κ2) is 6.89. The van der Waals surface area contributed by atoms with Gasteiger partial charge in [-0.3, -0.25) is 4.99 Å². The lowest BCUT2D eigenvalue weighted by Crippen LogP contribution is -2.54. The lowest BCUT2D eigenvalue weighted by molar-refractivity contribution is -0.0975. The molecular formula is C18H27N3O2. The van der Waals surface area contributed by atoms with Crippen LogP contribution in [0.25, 0.3) is 0 Å². The van der Waals surface area contributed by atoms with Gasteiger partial charge in [-0.05, 0) is 18.1 Å². The van der Waals surface area contributed by atoms with Crippen molar-refractivity contribution < 1.29 is 9.47 Å². The van der Waals surface area contributed by atoms with Gasteiger partial charge in [0, 0.05) is 25.6 Å². The van der Waals surface area contributed by atoms with E-state index >= 15 is 0 Å². The summed E-state index contributed by atoms with van der Waals surface area (Å²) in [7, 11) is 1.85. The number of ether oxygens (including phenoxy) is 2. The Kier molecular flexibility index (Phi) is 4.87. The lowest BCUT2D eigenvalue weighted by atomic mass is 9.89. The van der Waals surface area contributed by atoms with Gasteiger partial charge in [0.25, 0.3) is 0 Å². The van der Waals surface area contributed by atoms with Crippen molar-refractivity contribution >= 4 is 5.96 Å². The number of aryl methyl sites for hydroxylation is 1. The molecule has 1 aromatic rings. The summed E-state index contributed by atoms with van der Waals surface area (Å²) in [5.74, 6) is 0.958. The van der Waals surface area contributed by atoms with Crippen LogP contribution in [0.1, 0.15) is 24.2 Å². The summed E-state index contributed by atoms with van der Waals surface area (Å²) < 4.78 is 11.3. The first-order chi connectivity index (χ1) is 11.1. The molecule has 1 aromatic carbocycles. The van der Waals surface area contributed by atoms with Crippen LogP contribution in [0, 0.1) is 12.3 Å². The van der Waals surface area contributed by atoms with E-state index in [1.165, 1.54) is 11.1 Å². The molecule has 2 fully saturated rings. The Morgan fingerprint density at radius 2 is 2.17 bits per heavy atom. The topological polar surface area (TPSA) is 46.1 Å². The van der Waals surface area contributed by atoms with E-state index in [0.29, 0.717) is 0 Å². The largest absolute Gasteiger partial charge is 0.380 e. The summed E-state index contributed by atoms with van der Waals surface area (Å²) in [6.07, 6.45) is 0.103. The van der Waals surface area contributed by atoms with Gasteiger partial charge in [-0.2, -0.15) is 0 Å². The molecule has 0 radical (unpaired) electrons. The summed E-state index contributed by atoms with van der Waals surface area (Å²) in [6.45, 7) is 9.35. The standard InChI is InChI=1S/C18H27N3O2/c1-14-6-4-5-7-15(14)16-10-21(8-9-23-16)17(19-3)20-11-18(2)12-22-13-18/h4-7,16H,8-13H2,1-3H3,(H,19,20). The number of guanidine groups is 1. The number of rotatable bonds is 3. The summed E-state index contributed by atoms with van der Waals surface area (Å²) in [6, 6.07) is 8.45. The zero-order chi connectivity index (χ0) is 16.3. The van der Waals surface area contributed by atoms with Gasteiger partial charge in [0.15, 0.2) is 5.96 Å². The van der Waals surface area contributed by atoms with Crippen molar-refractivity contribution in [2.24, 2.45) is 10.4 Å². The third-order valence-corrected chi connectivity index (χ3v) is 4.69. The minimum Gasteiger partial charge on any atom is -0.380 e.